The Kier molecular flexibility index (Phi) is 7.51. The molecule has 2 aromatic rings. The van der Waals surface area contributed by atoms with Gasteiger partial charge in [0, 0.05) is 31.1 Å². The molecule has 32 heavy (non-hydrogen) atoms. The maximum Gasteiger partial charge on any atom is 0.221 e. The van der Waals surface area contributed by atoms with Gasteiger partial charge in [-0.3, -0.25) is 9.69 Å². The van der Waals surface area contributed by atoms with Crippen LogP contribution in [0.3, 0.4) is 0 Å². The number of sulfone groups is 1. The fraction of sp³-hybridized carbons (Fsp3) is 0.458. The first-order chi connectivity index (χ1) is 15.4. The van der Waals surface area contributed by atoms with Crippen molar-refractivity contribution >= 4 is 27.3 Å². The Hall–Kier alpha value is -1.93. The second-order valence-corrected chi connectivity index (χ2v) is 10.9. The van der Waals surface area contributed by atoms with Gasteiger partial charge in [0.05, 0.1) is 29.9 Å². The van der Waals surface area contributed by atoms with Crippen molar-refractivity contribution in [2.75, 3.05) is 38.6 Å². The molecule has 1 amide bonds. The molecule has 1 N–H and O–H groups in total. The zero-order valence-electron chi connectivity index (χ0n) is 18.1. The number of hydrogen-bond acceptors (Lipinski definition) is 5. The van der Waals surface area contributed by atoms with Gasteiger partial charge in [0.25, 0.3) is 0 Å². The molecule has 1 heterocycles. The summed E-state index contributed by atoms with van der Waals surface area (Å²) in [6.45, 7) is 3.13. The predicted octanol–water partition coefficient (Wildman–Crippen LogP) is 3.18. The minimum Gasteiger partial charge on any atom is -0.379 e. The molecule has 0 bridgehead atoms. The molecule has 4 rings (SSSR count). The number of morpholine rings is 1. The first-order valence-electron chi connectivity index (χ1n) is 11.1. The molecule has 1 unspecified atom stereocenters. The Morgan fingerprint density at radius 3 is 2.62 bits per heavy atom. The second kappa shape index (κ2) is 10.3. The molecule has 172 valence electrons. The minimum atomic E-state index is -3.50. The maximum absolute atomic E-state index is 12.8. The highest BCUT2D eigenvalue weighted by Crippen LogP contribution is 2.28. The van der Waals surface area contributed by atoms with Crippen molar-refractivity contribution in [3.63, 3.8) is 0 Å². The van der Waals surface area contributed by atoms with E-state index in [1.54, 1.807) is 12.1 Å². The Morgan fingerprint density at radius 1 is 1.09 bits per heavy atom. The van der Waals surface area contributed by atoms with Gasteiger partial charge in [0.1, 0.15) is 0 Å². The number of nitrogens with zero attached hydrogens (tertiary/aromatic N) is 1. The highest BCUT2D eigenvalue weighted by molar-refractivity contribution is 7.91. The number of carbonyl (C=O) groups is 1. The monoisotopic (exact) mass is 476 g/mol. The fourth-order valence-corrected chi connectivity index (χ4v) is 6.00. The number of nitrogens with one attached hydrogen (secondary N) is 1. The van der Waals surface area contributed by atoms with E-state index in [1.165, 1.54) is 5.56 Å². The van der Waals surface area contributed by atoms with Crippen LogP contribution in [0.1, 0.15) is 35.6 Å². The van der Waals surface area contributed by atoms with Gasteiger partial charge in [-0.05, 0) is 54.2 Å². The third-order valence-electron chi connectivity index (χ3n) is 6.27. The van der Waals surface area contributed by atoms with E-state index in [1.807, 2.05) is 30.3 Å². The van der Waals surface area contributed by atoms with Crippen LogP contribution >= 0.6 is 11.6 Å². The number of fused-ring (bicyclic) bond motifs is 1. The number of hydrogen-bond donors (Lipinski definition) is 1. The molecule has 0 radical (unpaired) electrons. The summed E-state index contributed by atoms with van der Waals surface area (Å²) in [6, 6.07) is 12.9. The van der Waals surface area contributed by atoms with Crippen molar-refractivity contribution < 1.29 is 17.9 Å². The number of ether oxygens (including phenoxy) is 1. The van der Waals surface area contributed by atoms with Crippen molar-refractivity contribution in [1.29, 1.82) is 0 Å². The summed E-state index contributed by atoms with van der Waals surface area (Å²) in [5.41, 5.74) is 3.29. The van der Waals surface area contributed by atoms with Gasteiger partial charge in [-0.1, -0.05) is 35.9 Å². The van der Waals surface area contributed by atoms with Crippen LogP contribution < -0.4 is 5.32 Å². The number of amides is 1. The highest BCUT2D eigenvalue weighted by Gasteiger charge is 2.25. The molecule has 1 aliphatic heterocycles. The van der Waals surface area contributed by atoms with Crippen LogP contribution in [0.25, 0.3) is 0 Å². The normalized spacial score (nSPS) is 17.7. The number of halogens is 1. The minimum absolute atomic E-state index is 0.0717. The SMILES string of the molecule is O=C(CCS(=O)(=O)c1ccc2c(c1)CCC2)NCC(c1ccccc1Cl)N1CCOCC1. The van der Waals surface area contributed by atoms with E-state index < -0.39 is 9.84 Å². The quantitative estimate of drug-likeness (QED) is 0.633. The van der Waals surface area contributed by atoms with Gasteiger partial charge in [-0.25, -0.2) is 8.42 Å². The van der Waals surface area contributed by atoms with E-state index in [-0.39, 0.29) is 24.1 Å². The summed E-state index contributed by atoms with van der Waals surface area (Å²) in [7, 11) is -3.50. The number of benzene rings is 2. The summed E-state index contributed by atoms with van der Waals surface area (Å²) in [5.74, 6) is -0.480. The van der Waals surface area contributed by atoms with Gasteiger partial charge in [0.15, 0.2) is 9.84 Å². The molecule has 1 aliphatic carbocycles. The lowest BCUT2D eigenvalue weighted by molar-refractivity contribution is -0.121. The van der Waals surface area contributed by atoms with Crippen LogP contribution in [-0.2, 0) is 32.2 Å². The highest BCUT2D eigenvalue weighted by atomic mass is 35.5. The lowest BCUT2D eigenvalue weighted by atomic mass is 10.0. The van der Waals surface area contributed by atoms with Crippen LogP contribution in [0.15, 0.2) is 47.4 Å². The summed E-state index contributed by atoms with van der Waals surface area (Å²) < 4.78 is 31.0. The Morgan fingerprint density at radius 2 is 1.84 bits per heavy atom. The largest absolute Gasteiger partial charge is 0.379 e. The first kappa shape index (κ1) is 23.2. The third kappa shape index (κ3) is 5.52. The molecule has 1 atom stereocenters. The molecule has 2 aliphatic rings. The smallest absolute Gasteiger partial charge is 0.221 e. The first-order valence-corrected chi connectivity index (χ1v) is 13.1. The molecular weight excluding hydrogens is 448 g/mol. The van der Waals surface area contributed by atoms with Gasteiger partial charge >= 0.3 is 0 Å². The van der Waals surface area contributed by atoms with Crippen LogP contribution in [0.4, 0.5) is 0 Å². The molecular formula is C24H29ClN2O4S. The van der Waals surface area contributed by atoms with Gasteiger partial charge in [-0.2, -0.15) is 0 Å². The van der Waals surface area contributed by atoms with Gasteiger partial charge in [0.2, 0.25) is 5.91 Å². The summed E-state index contributed by atoms with van der Waals surface area (Å²) >= 11 is 6.43. The lowest BCUT2D eigenvalue weighted by Gasteiger charge is -2.35. The molecule has 2 aromatic carbocycles. The molecule has 0 aromatic heterocycles. The topological polar surface area (TPSA) is 75.7 Å². The van der Waals surface area contributed by atoms with Gasteiger partial charge < -0.3 is 10.1 Å². The Bertz CT molecular complexity index is 1070. The molecule has 0 saturated carbocycles. The van der Waals surface area contributed by atoms with E-state index in [0.717, 1.165) is 43.5 Å². The van der Waals surface area contributed by atoms with Gasteiger partial charge in [-0.15, -0.1) is 0 Å². The van der Waals surface area contributed by atoms with Crippen molar-refractivity contribution in [3.05, 3.63) is 64.2 Å². The van der Waals surface area contributed by atoms with Crippen molar-refractivity contribution in [3.8, 4) is 0 Å². The number of aryl methyl sites for hydroxylation is 2. The molecule has 1 saturated heterocycles. The van der Waals surface area contributed by atoms with E-state index in [9.17, 15) is 13.2 Å². The van der Waals surface area contributed by atoms with Crippen LogP contribution in [0.5, 0.6) is 0 Å². The maximum atomic E-state index is 12.8. The number of carbonyl (C=O) groups excluding carboxylic acids is 1. The molecule has 1 fully saturated rings. The molecule has 6 nitrogen and oxygen atoms in total. The zero-order valence-corrected chi connectivity index (χ0v) is 19.6. The van der Waals surface area contributed by atoms with Crippen LogP contribution in [0, 0.1) is 0 Å². The summed E-state index contributed by atoms with van der Waals surface area (Å²) in [6.07, 6.45) is 2.92. The van der Waals surface area contributed by atoms with E-state index in [2.05, 4.69) is 10.2 Å². The average Bonchev–Trinajstić information content (AvgIpc) is 3.28. The zero-order chi connectivity index (χ0) is 22.6. The Labute approximate surface area is 194 Å². The standard InChI is InChI=1S/C24H29ClN2O4S/c25-22-7-2-1-6-21(22)23(27-11-13-31-14-12-27)17-26-24(28)10-15-32(29,30)20-9-8-18-4-3-5-19(18)16-20/h1-2,6-9,16,23H,3-5,10-15,17H2,(H,26,28). The Balaban J connectivity index is 1.37. The van der Waals surface area contributed by atoms with Crippen LogP contribution in [-0.4, -0.2) is 57.8 Å². The fourth-order valence-electron chi connectivity index (χ4n) is 4.46. The van der Waals surface area contributed by atoms with Crippen molar-refractivity contribution in [2.45, 2.75) is 36.6 Å². The average molecular weight is 477 g/mol. The van der Waals surface area contributed by atoms with E-state index >= 15 is 0 Å². The van der Waals surface area contributed by atoms with E-state index in [4.69, 9.17) is 16.3 Å². The molecule has 0 spiro atoms. The van der Waals surface area contributed by atoms with E-state index in [0.29, 0.717) is 29.7 Å². The second-order valence-electron chi connectivity index (χ2n) is 8.34. The van der Waals surface area contributed by atoms with Crippen LogP contribution in [0.2, 0.25) is 5.02 Å². The van der Waals surface area contributed by atoms with Crippen molar-refractivity contribution in [2.24, 2.45) is 0 Å². The lowest BCUT2D eigenvalue weighted by Crippen LogP contribution is -2.44. The predicted molar refractivity (Wildman–Crippen MR) is 125 cm³/mol. The molecule has 8 heteroatoms. The summed E-state index contributed by atoms with van der Waals surface area (Å²) in [5, 5.41) is 3.58. The number of rotatable bonds is 8. The van der Waals surface area contributed by atoms with Crippen molar-refractivity contribution in [1.82, 2.24) is 10.2 Å². The third-order valence-corrected chi connectivity index (χ3v) is 8.33. The summed E-state index contributed by atoms with van der Waals surface area (Å²) in [4.78, 5) is 15.1.